The summed E-state index contributed by atoms with van der Waals surface area (Å²) in [5.74, 6) is 4.07. The van der Waals surface area contributed by atoms with E-state index in [9.17, 15) is 9.90 Å². The van der Waals surface area contributed by atoms with E-state index in [1.807, 2.05) is 6.08 Å². The first-order valence-corrected chi connectivity index (χ1v) is 9.96. The van der Waals surface area contributed by atoms with Gasteiger partial charge in [0.2, 0.25) is 0 Å². The number of carbonyl (C=O) groups excluding carboxylic acids is 1. The second kappa shape index (κ2) is 5.72. The molecule has 2 unspecified atom stereocenters. The number of rotatable bonds is 2. The standard InChI is InChI=1S/C21H32O2/c1-3-4-13-11-14-12-15(22)5-6-16(14)17-9-10-21(2)18(20(13)17)7-8-19(21)23/h12-13,16-20,23H,3-11H2,1-2H3/t13?,16-,17+,18-,19?,20+,21-/m0/s1. The first kappa shape index (κ1) is 15.9. The summed E-state index contributed by atoms with van der Waals surface area (Å²) < 4.78 is 0. The summed E-state index contributed by atoms with van der Waals surface area (Å²) in [6.07, 6.45) is 12.2. The van der Waals surface area contributed by atoms with Gasteiger partial charge in [-0.15, -0.1) is 0 Å². The van der Waals surface area contributed by atoms with Gasteiger partial charge in [-0.25, -0.2) is 0 Å². The van der Waals surface area contributed by atoms with E-state index < -0.39 is 0 Å². The molecule has 4 aliphatic carbocycles. The largest absolute Gasteiger partial charge is 0.393 e. The molecular weight excluding hydrogens is 284 g/mol. The molecule has 4 aliphatic rings. The van der Waals surface area contributed by atoms with Gasteiger partial charge in [0.1, 0.15) is 0 Å². The Morgan fingerprint density at radius 1 is 1.26 bits per heavy atom. The summed E-state index contributed by atoms with van der Waals surface area (Å²) in [4.78, 5) is 11.9. The summed E-state index contributed by atoms with van der Waals surface area (Å²) in [5.41, 5.74) is 1.65. The number of allylic oxidation sites excluding steroid dienone is 1. The summed E-state index contributed by atoms with van der Waals surface area (Å²) in [6.45, 7) is 4.66. The zero-order chi connectivity index (χ0) is 16.2. The van der Waals surface area contributed by atoms with Gasteiger partial charge in [-0.3, -0.25) is 4.79 Å². The molecule has 0 spiro atoms. The van der Waals surface area contributed by atoms with Gasteiger partial charge in [0, 0.05) is 6.42 Å². The molecule has 1 N–H and O–H groups in total. The van der Waals surface area contributed by atoms with E-state index >= 15 is 0 Å². The molecule has 0 aromatic carbocycles. The molecule has 23 heavy (non-hydrogen) atoms. The molecule has 3 saturated carbocycles. The number of hydrogen-bond donors (Lipinski definition) is 1. The molecule has 2 nitrogen and oxygen atoms in total. The first-order chi connectivity index (χ1) is 11.0. The van der Waals surface area contributed by atoms with Crippen molar-refractivity contribution in [2.75, 3.05) is 0 Å². The number of fused-ring (bicyclic) bond motifs is 5. The van der Waals surface area contributed by atoms with Crippen LogP contribution in [0, 0.1) is 35.0 Å². The zero-order valence-electron chi connectivity index (χ0n) is 14.8. The van der Waals surface area contributed by atoms with Gasteiger partial charge in [-0.1, -0.05) is 32.3 Å². The Morgan fingerprint density at radius 2 is 2.09 bits per heavy atom. The van der Waals surface area contributed by atoms with E-state index in [1.54, 1.807) is 0 Å². The minimum absolute atomic E-state index is 0.0828. The molecule has 0 heterocycles. The van der Waals surface area contributed by atoms with Crippen molar-refractivity contribution in [1.82, 2.24) is 0 Å². The van der Waals surface area contributed by atoms with Crippen LogP contribution < -0.4 is 0 Å². The number of carbonyl (C=O) groups is 1. The van der Waals surface area contributed by atoms with E-state index in [0.29, 0.717) is 17.6 Å². The molecule has 7 atom stereocenters. The van der Waals surface area contributed by atoms with Crippen LogP contribution in [0.2, 0.25) is 0 Å². The summed E-state index contributed by atoms with van der Waals surface area (Å²) in [7, 11) is 0. The predicted molar refractivity (Wildman–Crippen MR) is 91.9 cm³/mol. The molecule has 0 aromatic rings. The maximum atomic E-state index is 11.9. The highest BCUT2D eigenvalue weighted by Crippen LogP contribution is 2.63. The molecule has 0 aromatic heterocycles. The van der Waals surface area contributed by atoms with Crippen molar-refractivity contribution in [3.8, 4) is 0 Å². The fraction of sp³-hybridized carbons (Fsp3) is 0.857. The van der Waals surface area contributed by atoms with Gasteiger partial charge in [-0.05, 0) is 79.6 Å². The lowest BCUT2D eigenvalue weighted by atomic mass is 9.49. The maximum absolute atomic E-state index is 11.9. The lowest BCUT2D eigenvalue weighted by Gasteiger charge is -2.56. The summed E-state index contributed by atoms with van der Waals surface area (Å²) >= 11 is 0. The van der Waals surface area contributed by atoms with Crippen molar-refractivity contribution in [3.05, 3.63) is 11.6 Å². The van der Waals surface area contributed by atoms with Crippen molar-refractivity contribution < 1.29 is 9.90 Å². The number of aliphatic hydroxyl groups is 1. The number of hydrogen-bond acceptors (Lipinski definition) is 2. The molecule has 0 bridgehead atoms. The van der Waals surface area contributed by atoms with E-state index in [2.05, 4.69) is 13.8 Å². The van der Waals surface area contributed by atoms with Crippen LogP contribution in [0.3, 0.4) is 0 Å². The van der Waals surface area contributed by atoms with Crippen LogP contribution in [0.5, 0.6) is 0 Å². The smallest absolute Gasteiger partial charge is 0.155 e. The van der Waals surface area contributed by atoms with E-state index in [0.717, 1.165) is 43.4 Å². The van der Waals surface area contributed by atoms with Gasteiger partial charge in [0.05, 0.1) is 6.10 Å². The van der Waals surface area contributed by atoms with Gasteiger partial charge in [0.25, 0.3) is 0 Å². The van der Waals surface area contributed by atoms with Crippen molar-refractivity contribution >= 4 is 5.78 Å². The quantitative estimate of drug-likeness (QED) is 0.813. The SMILES string of the molecule is CCCC1CC2=CC(=O)CC[C@@H]2[C@H]2CC[C@]3(C)C(O)CC[C@H]3[C@H]12. The van der Waals surface area contributed by atoms with Crippen LogP contribution in [0.4, 0.5) is 0 Å². The molecular formula is C21H32O2. The minimum atomic E-state index is -0.0828. The lowest BCUT2D eigenvalue weighted by molar-refractivity contribution is -0.116. The lowest BCUT2D eigenvalue weighted by Crippen LogP contribution is -2.50. The van der Waals surface area contributed by atoms with Gasteiger partial charge in [0.15, 0.2) is 5.78 Å². The van der Waals surface area contributed by atoms with Crippen LogP contribution >= 0.6 is 0 Å². The third-order valence-electron chi connectivity index (χ3n) is 8.08. The maximum Gasteiger partial charge on any atom is 0.155 e. The van der Waals surface area contributed by atoms with E-state index in [-0.39, 0.29) is 11.5 Å². The molecule has 3 fully saturated rings. The highest BCUT2D eigenvalue weighted by molar-refractivity contribution is 5.91. The molecule has 128 valence electrons. The second-order valence-electron chi connectivity index (χ2n) is 9.07. The molecule has 4 rings (SSSR count). The summed E-state index contributed by atoms with van der Waals surface area (Å²) in [5, 5.41) is 10.6. The molecule has 0 aliphatic heterocycles. The van der Waals surface area contributed by atoms with Crippen LogP contribution in [0.1, 0.15) is 71.6 Å². The van der Waals surface area contributed by atoms with Crippen molar-refractivity contribution in [1.29, 1.82) is 0 Å². The Labute approximate surface area is 140 Å². The van der Waals surface area contributed by atoms with Crippen molar-refractivity contribution in [2.24, 2.45) is 35.0 Å². The second-order valence-corrected chi connectivity index (χ2v) is 9.07. The third kappa shape index (κ3) is 2.35. The molecule has 2 heteroatoms. The first-order valence-electron chi connectivity index (χ1n) is 9.96. The molecule has 0 saturated heterocycles. The average molecular weight is 316 g/mol. The Kier molecular flexibility index (Phi) is 3.95. The van der Waals surface area contributed by atoms with Crippen LogP contribution in [0.25, 0.3) is 0 Å². The monoisotopic (exact) mass is 316 g/mol. The average Bonchev–Trinajstić information content (AvgIpc) is 2.83. The third-order valence-corrected chi connectivity index (χ3v) is 8.08. The Hall–Kier alpha value is -0.630. The van der Waals surface area contributed by atoms with E-state index in [1.165, 1.54) is 37.7 Å². The predicted octanol–water partition coefficient (Wildman–Crippen LogP) is 4.52. The molecule has 0 radical (unpaired) electrons. The van der Waals surface area contributed by atoms with Crippen LogP contribution in [-0.2, 0) is 4.79 Å². The fourth-order valence-electron chi connectivity index (χ4n) is 7.02. The number of ketones is 1. The minimum Gasteiger partial charge on any atom is -0.393 e. The topological polar surface area (TPSA) is 37.3 Å². The van der Waals surface area contributed by atoms with Crippen LogP contribution in [-0.4, -0.2) is 17.0 Å². The van der Waals surface area contributed by atoms with Gasteiger partial charge in [-0.2, -0.15) is 0 Å². The highest BCUT2D eigenvalue weighted by atomic mass is 16.3. The molecule has 0 amide bonds. The highest BCUT2D eigenvalue weighted by Gasteiger charge is 2.58. The normalized spacial score (nSPS) is 49.2. The van der Waals surface area contributed by atoms with Crippen molar-refractivity contribution in [2.45, 2.75) is 77.7 Å². The van der Waals surface area contributed by atoms with E-state index in [4.69, 9.17) is 0 Å². The Balaban J connectivity index is 1.69. The van der Waals surface area contributed by atoms with Gasteiger partial charge < -0.3 is 5.11 Å². The Bertz CT molecular complexity index is 522. The fourth-order valence-corrected chi connectivity index (χ4v) is 7.02. The van der Waals surface area contributed by atoms with Gasteiger partial charge >= 0.3 is 0 Å². The zero-order valence-corrected chi connectivity index (χ0v) is 14.8. The Morgan fingerprint density at radius 3 is 2.87 bits per heavy atom. The summed E-state index contributed by atoms with van der Waals surface area (Å²) in [6, 6.07) is 0. The van der Waals surface area contributed by atoms with Crippen molar-refractivity contribution in [3.63, 3.8) is 0 Å². The number of aliphatic hydroxyl groups excluding tert-OH is 1. The van der Waals surface area contributed by atoms with Crippen LogP contribution in [0.15, 0.2) is 11.6 Å².